The van der Waals surface area contributed by atoms with Crippen LogP contribution >= 0.6 is 12.2 Å². The van der Waals surface area contributed by atoms with E-state index in [1.165, 1.54) is 0 Å². The summed E-state index contributed by atoms with van der Waals surface area (Å²) in [5, 5.41) is 24.5. The van der Waals surface area contributed by atoms with Crippen molar-refractivity contribution in [2.75, 3.05) is 5.32 Å². The molecule has 0 heterocycles. The summed E-state index contributed by atoms with van der Waals surface area (Å²) in [5.41, 5.74) is 1.15. The maximum Gasteiger partial charge on any atom is 0.488 e. The molecule has 0 spiro atoms. The van der Waals surface area contributed by atoms with Crippen molar-refractivity contribution in [3.05, 3.63) is 24.3 Å². The lowest BCUT2D eigenvalue weighted by atomic mass is 9.80. The Morgan fingerprint density at radius 2 is 2.06 bits per heavy atom. The van der Waals surface area contributed by atoms with E-state index in [0.717, 1.165) is 5.69 Å². The van der Waals surface area contributed by atoms with Gasteiger partial charge in [-0.05, 0) is 43.7 Å². The van der Waals surface area contributed by atoms with Gasteiger partial charge in [-0.15, -0.1) is 0 Å². The minimum absolute atomic E-state index is 0.256. The molecule has 0 bridgehead atoms. The van der Waals surface area contributed by atoms with Crippen LogP contribution in [0.2, 0.25) is 0 Å². The molecule has 4 nitrogen and oxygen atoms in total. The first-order chi connectivity index (χ1) is 7.49. The molecule has 0 amide bonds. The Hall–Kier alpha value is -1.11. The average molecular weight is 238 g/mol. The van der Waals surface area contributed by atoms with E-state index in [9.17, 15) is 0 Å². The van der Waals surface area contributed by atoms with Gasteiger partial charge >= 0.3 is 7.12 Å². The van der Waals surface area contributed by atoms with E-state index < -0.39 is 7.12 Å². The highest BCUT2D eigenvalue weighted by atomic mass is 32.1. The highest BCUT2D eigenvalue weighted by Crippen LogP contribution is 2.04. The van der Waals surface area contributed by atoms with Crippen molar-refractivity contribution < 1.29 is 10.0 Å². The number of hydrogen-bond acceptors (Lipinski definition) is 3. The molecule has 86 valence electrons. The van der Waals surface area contributed by atoms with E-state index in [1.54, 1.807) is 24.3 Å². The van der Waals surface area contributed by atoms with Gasteiger partial charge in [0, 0.05) is 11.7 Å². The number of anilines is 1. The normalized spacial score (nSPS) is 10.1. The highest BCUT2D eigenvalue weighted by Gasteiger charge is 2.10. The standard InChI is InChI=1S/C10H15BN2O2S/c1-7(2)12-10(16)13-9-5-3-4-8(6-9)11(14)15/h3-7,14-15H,1-2H3,(H2,12,13,16). The van der Waals surface area contributed by atoms with E-state index in [0.29, 0.717) is 10.6 Å². The Morgan fingerprint density at radius 3 is 2.62 bits per heavy atom. The predicted molar refractivity (Wildman–Crippen MR) is 70.8 cm³/mol. The van der Waals surface area contributed by atoms with Crippen molar-refractivity contribution in [2.45, 2.75) is 19.9 Å². The minimum atomic E-state index is -1.46. The van der Waals surface area contributed by atoms with Gasteiger partial charge in [0.1, 0.15) is 0 Å². The lowest BCUT2D eigenvalue weighted by Crippen LogP contribution is -2.35. The van der Waals surface area contributed by atoms with E-state index in [1.807, 2.05) is 13.8 Å². The molecule has 4 N–H and O–H groups in total. The fourth-order valence-electron chi connectivity index (χ4n) is 1.21. The number of benzene rings is 1. The monoisotopic (exact) mass is 238 g/mol. The molecule has 16 heavy (non-hydrogen) atoms. The van der Waals surface area contributed by atoms with Gasteiger partial charge in [0.05, 0.1) is 0 Å². The van der Waals surface area contributed by atoms with Crippen LogP contribution in [0.4, 0.5) is 5.69 Å². The first-order valence-electron chi connectivity index (χ1n) is 5.02. The lowest BCUT2D eigenvalue weighted by Gasteiger charge is -2.13. The largest absolute Gasteiger partial charge is 0.488 e. The fraction of sp³-hybridized carbons (Fsp3) is 0.300. The zero-order valence-corrected chi connectivity index (χ0v) is 10.1. The third kappa shape index (κ3) is 4.18. The second-order valence-electron chi connectivity index (χ2n) is 3.75. The summed E-state index contributed by atoms with van der Waals surface area (Å²) in [6.45, 7) is 3.98. The third-order valence-corrected chi connectivity index (χ3v) is 2.08. The van der Waals surface area contributed by atoms with Crippen LogP contribution in [-0.2, 0) is 0 Å². The van der Waals surface area contributed by atoms with Gasteiger partial charge in [-0.2, -0.15) is 0 Å². The number of rotatable bonds is 3. The Balaban J connectivity index is 2.67. The molecule has 1 aromatic rings. The second-order valence-corrected chi connectivity index (χ2v) is 4.16. The zero-order valence-electron chi connectivity index (χ0n) is 9.27. The first kappa shape index (κ1) is 13.0. The maximum absolute atomic E-state index is 9.01. The average Bonchev–Trinajstić information content (AvgIpc) is 2.16. The summed E-state index contributed by atoms with van der Waals surface area (Å²) in [4.78, 5) is 0. The number of thiocarbonyl (C=S) groups is 1. The Bertz CT molecular complexity index is 372. The van der Waals surface area contributed by atoms with Gasteiger partial charge in [0.25, 0.3) is 0 Å². The third-order valence-electron chi connectivity index (χ3n) is 1.86. The summed E-state index contributed by atoms with van der Waals surface area (Å²) in [6.07, 6.45) is 0. The SMILES string of the molecule is CC(C)NC(=S)Nc1cccc(B(O)O)c1. The fourth-order valence-corrected chi connectivity index (χ4v) is 1.56. The van der Waals surface area contributed by atoms with Crippen LogP contribution < -0.4 is 16.1 Å². The molecule has 0 unspecified atom stereocenters. The van der Waals surface area contributed by atoms with E-state index in [4.69, 9.17) is 22.3 Å². The summed E-state index contributed by atoms with van der Waals surface area (Å²) >= 11 is 5.07. The van der Waals surface area contributed by atoms with Gasteiger partial charge in [0.2, 0.25) is 0 Å². The summed E-state index contributed by atoms with van der Waals surface area (Å²) in [6, 6.07) is 7.06. The van der Waals surface area contributed by atoms with Crippen LogP contribution in [-0.4, -0.2) is 28.3 Å². The molecule has 0 radical (unpaired) electrons. The minimum Gasteiger partial charge on any atom is -0.423 e. The molecule has 0 saturated carbocycles. The van der Waals surface area contributed by atoms with Crippen molar-refractivity contribution in [3.8, 4) is 0 Å². The van der Waals surface area contributed by atoms with Gasteiger partial charge in [0.15, 0.2) is 5.11 Å². The molecule has 1 aromatic carbocycles. The molecule has 1 rings (SSSR count). The van der Waals surface area contributed by atoms with E-state index >= 15 is 0 Å². The van der Waals surface area contributed by atoms with Gasteiger partial charge in [-0.25, -0.2) is 0 Å². The molecule has 6 heteroatoms. The van der Waals surface area contributed by atoms with Crippen molar-refractivity contribution in [1.29, 1.82) is 0 Å². The summed E-state index contributed by atoms with van der Waals surface area (Å²) in [5.74, 6) is 0. The molecular weight excluding hydrogens is 223 g/mol. The van der Waals surface area contributed by atoms with Crippen molar-refractivity contribution in [1.82, 2.24) is 5.32 Å². The van der Waals surface area contributed by atoms with Gasteiger partial charge in [-0.1, -0.05) is 12.1 Å². The number of nitrogens with one attached hydrogen (secondary N) is 2. The quantitative estimate of drug-likeness (QED) is 0.443. The Morgan fingerprint density at radius 1 is 1.38 bits per heavy atom. The lowest BCUT2D eigenvalue weighted by molar-refractivity contribution is 0.426. The molecule has 0 saturated heterocycles. The smallest absolute Gasteiger partial charge is 0.423 e. The predicted octanol–water partition coefficient (Wildman–Crippen LogP) is 0.0612. The first-order valence-corrected chi connectivity index (χ1v) is 5.43. The topological polar surface area (TPSA) is 64.5 Å². The van der Waals surface area contributed by atoms with E-state index in [2.05, 4.69) is 10.6 Å². The van der Waals surface area contributed by atoms with Crippen LogP contribution in [0.5, 0.6) is 0 Å². The van der Waals surface area contributed by atoms with Gasteiger partial charge in [-0.3, -0.25) is 0 Å². The zero-order chi connectivity index (χ0) is 12.1. The van der Waals surface area contributed by atoms with Crippen LogP contribution in [0.25, 0.3) is 0 Å². The Kier molecular flexibility index (Phi) is 4.73. The highest BCUT2D eigenvalue weighted by molar-refractivity contribution is 7.80. The second kappa shape index (κ2) is 5.84. The van der Waals surface area contributed by atoms with Crippen molar-refractivity contribution >= 4 is 35.6 Å². The van der Waals surface area contributed by atoms with Crippen molar-refractivity contribution in [2.24, 2.45) is 0 Å². The van der Waals surface area contributed by atoms with Gasteiger partial charge < -0.3 is 20.7 Å². The Labute approximate surface area is 101 Å². The maximum atomic E-state index is 9.01. The van der Waals surface area contributed by atoms with E-state index in [-0.39, 0.29) is 6.04 Å². The van der Waals surface area contributed by atoms with Crippen LogP contribution in [0.15, 0.2) is 24.3 Å². The van der Waals surface area contributed by atoms with Crippen LogP contribution in [0.3, 0.4) is 0 Å². The molecule has 0 atom stereocenters. The summed E-state index contributed by atoms with van der Waals surface area (Å²) < 4.78 is 0. The molecule has 0 aromatic heterocycles. The van der Waals surface area contributed by atoms with Crippen LogP contribution in [0, 0.1) is 0 Å². The number of hydrogen-bond donors (Lipinski definition) is 4. The molecule has 0 fully saturated rings. The van der Waals surface area contributed by atoms with Crippen molar-refractivity contribution in [3.63, 3.8) is 0 Å². The van der Waals surface area contributed by atoms with Crippen LogP contribution in [0.1, 0.15) is 13.8 Å². The molecule has 0 aliphatic rings. The molecular formula is C10H15BN2O2S. The summed E-state index contributed by atoms with van der Waals surface area (Å²) in [7, 11) is -1.46. The molecule has 0 aliphatic heterocycles. The molecule has 0 aliphatic carbocycles.